The average Bonchev–Trinajstić information content (AvgIpc) is 3.19. The highest BCUT2D eigenvalue weighted by molar-refractivity contribution is 5.92. The molecule has 4 rings (SSSR count). The van der Waals surface area contributed by atoms with Gasteiger partial charge in [0.15, 0.2) is 5.82 Å². The van der Waals surface area contributed by atoms with Crippen LogP contribution in [0.5, 0.6) is 0 Å². The molecule has 2 aromatic heterocycles. The molecule has 0 radical (unpaired) electrons. The Morgan fingerprint density at radius 3 is 2.77 bits per heavy atom. The van der Waals surface area contributed by atoms with Crippen LogP contribution in [0.1, 0.15) is 65.4 Å². The standard InChI is InChI=1S/C18H23N5O3/c1-12-9-20-15(10-19-12)18(24)23-6-2-3-14(11-23)17-21-16(22-26-17)13-4-7-25-8-5-13/h9-10,13-14H,2-8,11H2,1H3. The van der Waals surface area contributed by atoms with E-state index in [1.165, 1.54) is 6.20 Å². The van der Waals surface area contributed by atoms with Crippen molar-refractivity contribution in [2.24, 2.45) is 0 Å². The summed E-state index contributed by atoms with van der Waals surface area (Å²) < 4.78 is 10.9. The van der Waals surface area contributed by atoms with Gasteiger partial charge in [0.05, 0.1) is 17.8 Å². The molecular formula is C18H23N5O3. The second-order valence-corrected chi connectivity index (χ2v) is 7.01. The molecule has 26 heavy (non-hydrogen) atoms. The molecule has 0 aromatic carbocycles. The lowest BCUT2D eigenvalue weighted by Crippen LogP contribution is -2.39. The van der Waals surface area contributed by atoms with Crippen molar-refractivity contribution in [2.75, 3.05) is 26.3 Å². The zero-order valence-electron chi connectivity index (χ0n) is 14.9. The third-order valence-corrected chi connectivity index (χ3v) is 5.10. The minimum Gasteiger partial charge on any atom is -0.381 e. The van der Waals surface area contributed by atoms with Crippen LogP contribution >= 0.6 is 0 Å². The largest absolute Gasteiger partial charge is 0.381 e. The molecule has 2 aliphatic heterocycles. The lowest BCUT2D eigenvalue weighted by Gasteiger charge is -2.30. The van der Waals surface area contributed by atoms with E-state index in [1.807, 2.05) is 11.8 Å². The van der Waals surface area contributed by atoms with Gasteiger partial charge in [0.25, 0.3) is 5.91 Å². The van der Waals surface area contributed by atoms with Crippen LogP contribution < -0.4 is 0 Å². The fourth-order valence-corrected chi connectivity index (χ4v) is 3.56. The first-order valence-corrected chi connectivity index (χ1v) is 9.20. The van der Waals surface area contributed by atoms with Gasteiger partial charge in [-0.1, -0.05) is 5.16 Å². The summed E-state index contributed by atoms with van der Waals surface area (Å²) in [6.07, 6.45) is 6.87. The quantitative estimate of drug-likeness (QED) is 0.830. The highest BCUT2D eigenvalue weighted by Crippen LogP contribution is 2.30. The second-order valence-electron chi connectivity index (χ2n) is 7.01. The Morgan fingerprint density at radius 1 is 1.15 bits per heavy atom. The topological polar surface area (TPSA) is 94.2 Å². The van der Waals surface area contributed by atoms with Gasteiger partial charge in [0.1, 0.15) is 5.69 Å². The molecule has 2 fully saturated rings. The van der Waals surface area contributed by atoms with E-state index in [-0.39, 0.29) is 11.8 Å². The van der Waals surface area contributed by atoms with Gasteiger partial charge in [-0.2, -0.15) is 4.98 Å². The van der Waals surface area contributed by atoms with Crippen molar-refractivity contribution in [1.29, 1.82) is 0 Å². The summed E-state index contributed by atoms with van der Waals surface area (Å²) in [5, 5.41) is 4.19. The maximum Gasteiger partial charge on any atom is 0.274 e. The number of hydrogen-bond donors (Lipinski definition) is 0. The number of rotatable bonds is 3. The average molecular weight is 357 g/mol. The van der Waals surface area contributed by atoms with E-state index >= 15 is 0 Å². The summed E-state index contributed by atoms with van der Waals surface area (Å²) in [6, 6.07) is 0. The van der Waals surface area contributed by atoms with Crippen LogP contribution in [0.4, 0.5) is 0 Å². The predicted octanol–water partition coefficient (Wildman–Crippen LogP) is 2.08. The molecule has 0 N–H and O–H groups in total. The van der Waals surface area contributed by atoms with Gasteiger partial charge in [-0.05, 0) is 32.6 Å². The number of aryl methyl sites for hydroxylation is 1. The Morgan fingerprint density at radius 2 is 2.00 bits per heavy atom. The molecule has 2 saturated heterocycles. The number of piperidine rings is 1. The van der Waals surface area contributed by atoms with E-state index in [0.717, 1.165) is 50.4 Å². The summed E-state index contributed by atoms with van der Waals surface area (Å²) in [5.41, 5.74) is 1.18. The maximum atomic E-state index is 12.7. The lowest BCUT2D eigenvalue weighted by molar-refractivity contribution is 0.0689. The molecule has 8 heteroatoms. The van der Waals surface area contributed by atoms with E-state index in [2.05, 4.69) is 20.1 Å². The van der Waals surface area contributed by atoms with Gasteiger partial charge in [0.2, 0.25) is 5.89 Å². The number of hydrogen-bond acceptors (Lipinski definition) is 7. The molecule has 1 unspecified atom stereocenters. The lowest BCUT2D eigenvalue weighted by atomic mass is 9.97. The van der Waals surface area contributed by atoms with E-state index in [9.17, 15) is 4.79 Å². The number of ether oxygens (including phenoxy) is 1. The Bertz CT molecular complexity index is 754. The molecule has 8 nitrogen and oxygen atoms in total. The van der Waals surface area contributed by atoms with Crippen molar-refractivity contribution in [1.82, 2.24) is 25.0 Å². The minimum absolute atomic E-state index is 0.0761. The summed E-state index contributed by atoms with van der Waals surface area (Å²) in [4.78, 5) is 27.5. The van der Waals surface area contributed by atoms with Crippen LogP contribution in [0.15, 0.2) is 16.9 Å². The van der Waals surface area contributed by atoms with Crippen molar-refractivity contribution >= 4 is 5.91 Å². The molecule has 0 aliphatic carbocycles. The van der Waals surface area contributed by atoms with E-state index in [4.69, 9.17) is 9.26 Å². The van der Waals surface area contributed by atoms with Gasteiger partial charge in [-0.25, -0.2) is 4.98 Å². The highest BCUT2D eigenvalue weighted by Gasteiger charge is 2.31. The van der Waals surface area contributed by atoms with Gasteiger partial charge >= 0.3 is 0 Å². The van der Waals surface area contributed by atoms with Crippen molar-refractivity contribution in [3.8, 4) is 0 Å². The van der Waals surface area contributed by atoms with Gasteiger partial charge in [0, 0.05) is 38.4 Å². The first-order chi connectivity index (χ1) is 12.7. The van der Waals surface area contributed by atoms with E-state index in [1.54, 1.807) is 6.20 Å². The summed E-state index contributed by atoms with van der Waals surface area (Å²) in [7, 11) is 0. The van der Waals surface area contributed by atoms with Crippen molar-refractivity contribution in [3.05, 3.63) is 35.5 Å². The van der Waals surface area contributed by atoms with Crippen LogP contribution in [0.25, 0.3) is 0 Å². The second kappa shape index (κ2) is 7.49. The number of amides is 1. The first-order valence-electron chi connectivity index (χ1n) is 9.20. The summed E-state index contributed by atoms with van der Waals surface area (Å²) >= 11 is 0. The zero-order valence-corrected chi connectivity index (χ0v) is 14.9. The number of carbonyl (C=O) groups excluding carboxylic acids is 1. The summed E-state index contributed by atoms with van der Waals surface area (Å²) in [6.45, 7) is 4.63. The van der Waals surface area contributed by atoms with Crippen molar-refractivity contribution in [3.63, 3.8) is 0 Å². The van der Waals surface area contributed by atoms with E-state index in [0.29, 0.717) is 30.6 Å². The maximum absolute atomic E-state index is 12.7. The SMILES string of the molecule is Cc1cnc(C(=O)N2CCCC(c3nc(C4CCOCC4)no3)C2)cn1. The summed E-state index contributed by atoms with van der Waals surface area (Å²) in [5.74, 6) is 1.71. The molecule has 4 heterocycles. The molecule has 1 amide bonds. The van der Waals surface area contributed by atoms with Crippen molar-refractivity contribution in [2.45, 2.75) is 44.4 Å². The van der Waals surface area contributed by atoms with E-state index < -0.39 is 0 Å². The fourth-order valence-electron chi connectivity index (χ4n) is 3.56. The van der Waals surface area contributed by atoms with Gasteiger partial charge in [-0.15, -0.1) is 0 Å². The Kier molecular flexibility index (Phi) is 4.92. The molecule has 1 atom stereocenters. The Balaban J connectivity index is 1.44. The molecule has 0 spiro atoms. The molecule has 0 saturated carbocycles. The van der Waals surface area contributed by atoms with Crippen LogP contribution in [-0.2, 0) is 4.74 Å². The van der Waals surface area contributed by atoms with Crippen LogP contribution in [0.3, 0.4) is 0 Å². The van der Waals surface area contributed by atoms with Crippen LogP contribution in [0, 0.1) is 6.92 Å². The molecule has 2 aromatic rings. The number of nitrogens with zero attached hydrogens (tertiary/aromatic N) is 5. The van der Waals surface area contributed by atoms with Crippen LogP contribution in [0.2, 0.25) is 0 Å². The number of likely N-dealkylation sites (tertiary alicyclic amines) is 1. The van der Waals surface area contributed by atoms with Crippen molar-refractivity contribution < 1.29 is 14.1 Å². The zero-order chi connectivity index (χ0) is 17.9. The Hall–Kier alpha value is -2.35. The minimum atomic E-state index is -0.0913. The third kappa shape index (κ3) is 3.60. The highest BCUT2D eigenvalue weighted by atomic mass is 16.5. The third-order valence-electron chi connectivity index (χ3n) is 5.10. The molecule has 138 valence electrons. The van der Waals surface area contributed by atoms with Crippen LogP contribution in [-0.4, -0.2) is 57.2 Å². The number of carbonyl (C=O) groups is 1. The Labute approximate surface area is 152 Å². The van der Waals surface area contributed by atoms with Gasteiger partial charge in [-0.3, -0.25) is 9.78 Å². The fraction of sp³-hybridized carbons (Fsp3) is 0.611. The first kappa shape index (κ1) is 17.1. The predicted molar refractivity (Wildman–Crippen MR) is 91.7 cm³/mol. The molecule has 2 aliphatic rings. The molecular weight excluding hydrogens is 334 g/mol. The normalized spacial score (nSPS) is 21.7. The molecule has 0 bridgehead atoms. The smallest absolute Gasteiger partial charge is 0.274 e. The van der Waals surface area contributed by atoms with Gasteiger partial charge < -0.3 is 14.2 Å². The number of aromatic nitrogens is 4. The monoisotopic (exact) mass is 357 g/mol.